The molecule has 0 saturated carbocycles. The summed E-state index contributed by atoms with van der Waals surface area (Å²) in [5.74, 6) is 0.823. The van der Waals surface area contributed by atoms with Crippen LogP contribution in [0.2, 0.25) is 0 Å². The summed E-state index contributed by atoms with van der Waals surface area (Å²) in [5, 5.41) is 0. The molecule has 2 heterocycles. The number of carbonyl (C=O) groups is 2. The van der Waals surface area contributed by atoms with E-state index < -0.39 is 0 Å². The molecule has 0 aromatic heterocycles. The number of hydrogen-bond donors (Lipinski definition) is 0. The van der Waals surface area contributed by atoms with Gasteiger partial charge in [-0.3, -0.25) is 9.59 Å². The normalized spacial score (nSPS) is 26.2. The lowest BCUT2D eigenvalue weighted by Gasteiger charge is -2.32. The highest BCUT2D eigenvalue weighted by atomic mass is 16.5. The van der Waals surface area contributed by atoms with E-state index in [9.17, 15) is 9.59 Å². The van der Waals surface area contributed by atoms with Crippen molar-refractivity contribution in [2.24, 2.45) is 11.8 Å². The first kappa shape index (κ1) is 12.6. The molecule has 2 aliphatic rings. The molecule has 0 spiro atoms. The summed E-state index contributed by atoms with van der Waals surface area (Å²) in [6.45, 7) is 4.68. The van der Waals surface area contributed by atoms with Gasteiger partial charge in [-0.1, -0.05) is 6.92 Å². The lowest BCUT2D eigenvalue weighted by Crippen LogP contribution is -2.43. The minimum absolute atomic E-state index is 0.0634. The molecular weight excluding hydrogens is 218 g/mol. The second-order valence-corrected chi connectivity index (χ2v) is 4.98. The number of nitrogens with zero attached hydrogens (tertiary/aromatic N) is 1. The maximum Gasteiger partial charge on any atom is 0.228 e. The highest BCUT2D eigenvalue weighted by molar-refractivity contribution is 5.82. The van der Waals surface area contributed by atoms with Gasteiger partial charge in [0.15, 0.2) is 0 Å². The second kappa shape index (κ2) is 5.63. The van der Waals surface area contributed by atoms with Crippen molar-refractivity contribution in [1.29, 1.82) is 0 Å². The molecular formula is C13H21NO3. The molecule has 1 amide bonds. The maximum atomic E-state index is 12.1. The van der Waals surface area contributed by atoms with Gasteiger partial charge in [0.1, 0.15) is 5.78 Å². The van der Waals surface area contributed by atoms with Crippen LogP contribution < -0.4 is 0 Å². The quantitative estimate of drug-likeness (QED) is 0.744. The van der Waals surface area contributed by atoms with Gasteiger partial charge in [0.25, 0.3) is 0 Å². The van der Waals surface area contributed by atoms with E-state index in [-0.39, 0.29) is 17.7 Å². The van der Waals surface area contributed by atoms with E-state index in [1.165, 1.54) is 0 Å². The lowest BCUT2D eigenvalue weighted by atomic mass is 9.90. The van der Waals surface area contributed by atoms with E-state index in [0.29, 0.717) is 25.4 Å². The average Bonchev–Trinajstić information content (AvgIpc) is 2.91. The zero-order valence-corrected chi connectivity index (χ0v) is 10.5. The van der Waals surface area contributed by atoms with Crippen LogP contribution in [0.1, 0.15) is 32.6 Å². The number of hydrogen-bond acceptors (Lipinski definition) is 3. The number of Topliss-reactive ketones (excluding diaryl/α,β-unsaturated/α-hetero) is 1. The number of ether oxygens (including phenoxy) is 1. The molecule has 2 saturated heterocycles. The Balaban J connectivity index is 1.82. The van der Waals surface area contributed by atoms with Crippen molar-refractivity contribution in [3.8, 4) is 0 Å². The summed E-state index contributed by atoms with van der Waals surface area (Å²) in [6.07, 6.45) is 3.15. The summed E-state index contributed by atoms with van der Waals surface area (Å²) in [6, 6.07) is 0. The number of amides is 1. The van der Waals surface area contributed by atoms with Crippen LogP contribution in [0, 0.1) is 11.8 Å². The van der Waals surface area contributed by atoms with Gasteiger partial charge in [-0.05, 0) is 19.3 Å². The van der Waals surface area contributed by atoms with Crippen molar-refractivity contribution in [1.82, 2.24) is 4.90 Å². The fourth-order valence-electron chi connectivity index (χ4n) is 2.70. The minimum atomic E-state index is 0.0634. The van der Waals surface area contributed by atoms with Crippen molar-refractivity contribution in [2.75, 3.05) is 26.3 Å². The van der Waals surface area contributed by atoms with Crippen molar-refractivity contribution in [3.05, 3.63) is 0 Å². The molecule has 17 heavy (non-hydrogen) atoms. The van der Waals surface area contributed by atoms with Crippen molar-refractivity contribution >= 4 is 11.7 Å². The van der Waals surface area contributed by atoms with E-state index in [0.717, 1.165) is 32.4 Å². The van der Waals surface area contributed by atoms with Crippen LogP contribution in [-0.4, -0.2) is 42.9 Å². The SMILES string of the molecule is CCC(=O)C1CCN(C(=O)C2CCOC2)CC1. The van der Waals surface area contributed by atoms with Crippen LogP contribution in [0.4, 0.5) is 0 Å². The van der Waals surface area contributed by atoms with Gasteiger partial charge in [-0.2, -0.15) is 0 Å². The minimum Gasteiger partial charge on any atom is -0.381 e. The van der Waals surface area contributed by atoms with Crippen LogP contribution in [0.3, 0.4) is 0 Å². The van der Waals surface area contributed by atoms with Crippen LogP contribution in [0.25, 0.3) is 0 Å². The summed E-state index contributed by atoms with van der Waals surface area (Å²) in [4.78, 5) is 25.6. The van der Waals surface area contributed by atoms with Crippen LogP contribution in [-0.2, 0) is 14.3 Å². The van der Waals surface area contributed by atoms with Gasteiger partial charge in [0.05, 0.1) is 12.5 Å². The van der Waals surface area contributed by atoms with Gasteiger partial charge in [-0.25, -0.2) is 0 Å². The molecule has 2 rings (SSSR count). The molecule has 0 aromatic carbocycles. The first-order chi connectivity index (χ1) is 8.22. The van der Waals surface area contributed by atoms with E-state index in [1.54, 1.807) is 0 Å². The van der Waals surface area contributed by atoms with E-state index in [1.807, 2.05) is 11.8 Å². The third-order valence-electron chi connectivity index (χ3n) is 3.89. The van der Waals surface area contributed by atoms with Crippen LogP contribution >= 0.6 is 0 Å². The molecule has 0 aliphatic carbocycles. The van der Waals surface area contributed by atoms with Crippen LogP contribution in [0.5, 0.6) is 0 Å². The third-order valence-corrected chi connectivity index (χ3v) is 3.89. The molecule has 0 bridgehead atoms. The molecule has 2 aliphatic heterocycles. The predicted octanol–water partition coefficient (Wildman–Crippen LogP) is 1.24. The van der Waals surface area contributed by atoms with Gasteiger partial charge in [0.2, 0.25) is 5.91 Å². The van der Waals surface area contributed by atoms with Gasteiger partial charge in [-0.15, -0.1) is 0 Å². The van der Waals surface area contributed by atoms with Gasteiger partial charge < -0.3 is 9.64 Å². The van der Waals surface area contributed by atoms with E-state index >= 15 is 0 Å². The lowest BCUT2D eigenvalue weighted by molar-refractivity contribution is -0.138. The Morgan fingerprint density at radius 2 is 1.88 bits per heavy atom. The molecule has 0 aromatic rings. The van der Waals surface area contributed by atoms with E-state index in [2.05, 4.69) is 0 Å². The monoisotopic (exact) mass is 239 g/mol. The Kier molecular flexibility index (Phi) is 4.15. The second-order valence-electron chi connectivity index (χ2n) is 4.98. The fraction of sp³-hybridized carbons (Fsp3) is 0.846. The highest BCUT2D eigenvalue weighted by Gasteiger charge is 2.31. The number of ketones is 1. The summed E-state index contributed by atoms with van der Waals surface area (Å²) >= 11 is 0. The fourth-order valence-corrected chi connectivity index (χ4v) is 2.70. The van der Waals surface area contributed by atoms with Gasteiger partial charge >= 0.3 is 0 Å². The molecule has 1 unspecified atom stereocenters. The Hall–Kier alpha value is -0.900. The summed E-state index contributed by atoms with van der Waals surface area (Å²) in [7, 11) is 0. The molecule has 96 valence electrons. The number of piperidine rings is 1. The average molecular weight is 239 g/mol. The Labute approximate surface area is 102 Å². The first-order valence-corrected chi connectivity index (χ1v) is 6.61. The Morgan fingerprint density at radius 3 is 2.41 bits per heavy atom. The Bertz CT molecular complexity index is 289. The molecule has 0 N–H and O–H groups in total. The van der Waals surface area contributed by atoms with Gasteiger partial charge in [0, 0.05) is 32.0 Å². The maximum absolute atomic E-state index is 12.1. The number of rotatable bonds is 3. The predicted molar refractivity (Wildman–Crippen MR) is 63.5 cm³/mol. The van der Waals surface area contributed by atoms with Crippen molar-refractivity contribution in [3.63, 3.8) is 0 Å². The summed E-state index contributed by atoms with van der Waals surface area (Å²) < 4.78 is 5.24. The van der Waals surface area contributed by atoms with Crippen molar-refractivity contribution in [2.45, 2.75) is 32.6 Å². The van der Waals surface area contributed by atoms with Crippen LogP contribution in [0.15, 0.2) is 0 Å². The van der Waals surface area contributed by atoms with E-state index in [4.69, 9.17) is 4.74 Å². The summed E-state index contributed by atoms with van der Waals surface area (Å²) in [5.41, 5.74) is 0. The standard InChI is InChI=1S/C13H21NO3/c1-2-12(15)10-3-6-14(7-4-10)13(16)11-5-8-17-9-11/h10-11H,2-9H2,1H3. The largest absolute Gasteiger partial charge is 0.381 e. The molecule has 2 fully saturated rings. The topological polar surface area (TPSA) is 46.6 Å². The third kappa shape index (κ3) is 2.86. The zero-order chi connectivity index (χ0) is 12.3. The number of likely N-dealkylation sites (tertiary alicyclic amines) is 1. The number of carbonyl (C=O) groups excluding carboxylic acids is 2. The molecule has 4 nitrogen and oxygen atoms in total. The first-order valence-electron chi connectivity index (χ1n) is 6.61. The molecule has 1 atom stereocenters. The molecule has 0 radical (unpaired) electrons. The zero-order valence-electron chi connectivity index (χ0n) is 10.5. The highest BCUT2D eigenvalue weighted by Crippen LogP contribution is 2.23. The van der Waals surface area contributed by atoms with Crippen molar-refractivity contribution < 1.29 is 14.3 Å². The Morgan fingerprint density at radius 1 is 1.18 bits per heavy atom. The molecule has 4 heteroatoms. The smallest absolute Gasteiger partial charge is 0.228 e.